The van der Waals surface area contributed by atoms with Crippen LogP contribution >= 0.6 is 22.9 Å². The highest BCUT2D eigenvalue weighted by atomic mass is 35.5. The summed E-state index contributed by atoms with van der Waals surface area (Å²) in [4.78, 5) is 12.9. The Morgan fingerprint density at radius 3 is 2.62 bits per heavy atom. The molecular formula is C9H9ClO2S. The second-order valence-corrected chi connectivity index (χ2v) is 5.08. The maximum atomic E-state index is 11.0. The van der Waals surface area contributed by atoms with Gasteiger partial charge in [-0.05, 0) is 25.8 Å². The fraction of sp³-hybridized carbons (Fsp3) is 0.444. The third-order valence-corrected chi connectivity index (χ3v) is 4.07. The number of thiophene rings is 1. The van der Waals surface area contributed by atoms with E-state index in [0.29, 0.717) is 5.02 Å². The van der Waals surface area contributed by atoms with Crippen LogP contribution in [-0.4, -0.2) is 11.1 Å². The number of aryl methyl sites for hydroxylation is 1. The van der Waals surface area contributed by atoms with E-state index in [4.69, 9.17) is 16.7 Å². The molecule has 70 valence electrons. The van der Waals surface area contributed by atoms with E-state index in [0.717, 1.165) is 22.6 Å². The quantitative estimate of drug-likeness (QED) is 0.826. The van der Waals surface area contributed by atoms with Crippen molar-refractivity contribution in [2.45, 2.75) is 25.2 Å². The van der Waals surface area contributed by atoms with Gasteiger partial charge in [-0.3, -0.25) is 4.79 Å². The molecule has 0 spiro atoms. The topological polar surface area (TPSA) is 37.3 Å². The van der Waals surface area contributed by atoms with Gasteiger partial charge in [0.15, 0.2) is 0 Å². The monoisotopic (exact) mass is 216 g/mol. The van der Waals surface area contributed by atoms with E-state index in [1.807, 2.05) is 13.0 Å². The molecule has 4 heteroatoms. The second kappa shape index (κ2) is 2.72. The van der Waals surface area contributed by atoms with Gasteiger partial charge in [-0.15, -0.1) is 11.3 Å². The van der Waals surface area contributed by atoms with Crippen LogP contribution < -0.4 is 0 Å². The molecule has 1 N–H and O–H groups in total. The fourth-order valence-corrected chi connectivity index (χ4v) is 3.14. The van der Waals surface area contributed by atoms with Crippen LogP contribution in [0.1, 0.15) is 22.6 Å². The number of hydrogen-bond acceptors (Lipinski definition) is 2. The second-order valence-electron chi connectivity index (χ2n) is 3.42. The lowest BCUT2D eigenvalue weighted by Gasteiger charge is -2.06. The van der Waals surface area contributed by atoms with E-state index in [9.17, 15) is 4.79 Å². The zero-order chi connectivity index (χ0) is 9.64. The van der Waals surface area contributed by atoms with Gasteiger partial charge < -0.3 is 5.11 Å². The first-order valence-corrected chi connectivity index (χ1v) is 5.25. The van der Waals surface area contributed by atoms with Crippen LogP contribution in [0, 0.1) is 6.92 Å². The minimum atomic E-state index is -0.740. The van der Waals surface area contributed by atoms with Gasteiger partial charge in [0.2, 0.25) is 0 Å². The Bertz CT molecular complexity index is 366. The van der Waals surface area contributed by atoms with Crippen molar-refractivity contribution in [3.05, 3.63) is 20.8 Å². The van der Waals surface area contributed by atoms with Gasteiger partial charge in [-0.25, -0.2) is 0 Å². The maximum absolute atomic E-state index is 11.0. The highest BCUT2D eigenvalue weighted by molar-refractivity contribution is 7.12. The summed E-state index contributed by atoms with van der Waals surface area (Å²) >= 11 is 7.46. The number of hydrogen-bond donors (Lipinski definition) is 1. The largest absolute Gasteiger partial charge is 0.481 e. The number of rotatable bonds is 2. The van der Waals surface area contributed by atoms with E-state index < -0.39 is 11.4 Å². The van der Waals surface area contributed by atoms with Crippen molar-refractivity contribution in [1.82, 2.24) is 0 Å². The van der Waals surface area contributed by atoms with Gasteiger partial charge >= 0.3 is 5.97 Å². The zero-order valence-corrected chi connectivity index (χ0v) is 8.71. The Kier molecular flexibility index (Phi) is 1.89. The third kappa shape index (κ3) is 1.27. The van der Waals surface area contributed by atoms with Crippen molar-refractivity contribution in [3.63, 3.8) is 0 Å². The zero-order valence-electron chi connectivity index (χ0n) is 7.13. The summed E-state index contributed by atoms with van der Waals surface area (Å²) < 4.78 is 0. The molecule has 1 aliphatic carbocycles. The molecule has 1 saturated carbocycles. The van der Waals surface area contributed by atoms with Crippen LogP contribution in [0.3, 0.4) is 0 Å². The predicted octanol–water partition coefficient (Wildman–Crippen LogP) is 2.83. The molecular weight excluding hydrogens is 208 g/mol. The van der Waals surface area contributed by atoms with Gasteiger partial charge in [0.25, 0.3) is 0 Å². The van der Waals surface area contributed by atoms with Crippen molar-refractivity contribution < 1.29 is 9.90 Å². The van der Waals surface area contributed by atoms with Crippen LogP contribution in [0.15, 0.2) is 6.07 Å². The van der Waals surface area contributed by atoms with Crippen LogP contribution in [-0.2, 0) is 10.2 Å². The standard InChI is InChI=1S/C9H9ClO2S/c1-5-4-6(10)7(13-5)9(2-3-9)8(11)12/h4H,2-3H2,1H3,(H,11,12). The first-order chi connectivity index (χ1) is 6.06. The van der Waals surface area contributed by atoms with Crippen molar-refractivity contribution in [3.8, 4) is 0 Å². The van der Waals surface area contributed by atoms with E-state index in [1.54, 1.807) is 0 Å². The summed E-state index contributed by atoms with van der Waals surface area (Å²) in [5.74, 6) is -0.740. The molecule has 0 saturated heterocycles. The molecule has 2 rings (SSSR count). The molecule has 13 heavy (non-hydrogen) atoms. The number of halogens is 1. The fourth-order valence-electron chi connectivity index (χ4n) is 1.47. The van der Waals surface area contributed by atoms with Gasteiger partial charge in [0.1, 0.15) is 5.41 Å². The molecule has 1 aromatic heterocycles. The summed E-state index contributed by atoms with van der Waals surface area (Å²) in [6.45, 7) is 1.94. The lowest BCUT2D eigenvalue weighted by atomic mass is 10.1. The molecule has 0 atom stereocenters. The molecule has 2 nitrogen and oxygen atoms in total. The Morgan fingerprint density at radius 2 is 2.31 bits per heavy atom. The first kappa shape index (κ1) is 9.03. The Balaban J connectivity index is 2.46. The van der Waals surface area contributed by atoms with Crippen molar-refractivity contribution in [2.24, 2.45) is 0 Å². The van der Waals surface area contributed by atoms with E-state index in [2.05, 4.69) is 0 Å². The third-order valence-electron chi connectivity index (χ3n) is 2.40. The lowest BCUT2D eigenvalue weighted by molar-refractivity contribution is -0.139. The SMILES string of the molecule is Cc1cc(Cl)c(C2(C(=O)O)CC2)s1. The van der Waals surface area contributed by atoms with E-state index in [1.165, 1.54) is 11.3 Å². The van der Waals surface area contributed by atoms with Crippen molar-refractivity contribution in [1.29, 1.82) is 0 Å². The highest BCUT2D eigenvalue weighted by Crippen LogP contribution is 2.53. The highest BCUT2D eigenvalue weighted by Gasteiger charge is 2.53. The Labute approximate surface area is 85.1 Å². The number of aliphatic carboxylic acids is 1. The van der Waals surface area contributed by atoms with Gasteiger partial charge in [0.05, 0.1) is 5.02 Å². The molecule has 0 aromatic carbocycles. The Morgan fingerprint density at radius 1 is 1.69 bits per heavy atom. The summed E-state index contributed by atoms with van der Waals surface area (Å²) in [7, 11) is 0. The minimum absolute atomic E-state index is 0.613. The molecule has 0 radical (unpaired) electrons. The average molecular weight is 217 g/mol. The molecule has 1 fully saturated rings. The molecule has 0 unspecified atom stereocenters. The van der Waals surface area contributed by atoms with Crippen LogP contribution in [0.5, 0.6) is 0 Å². The molecule has 0 amide bonds. The molecule has 1 aliphatic rings. The van der Waals surface area contributed by atoms with Crippen LogP contribution in [0.25, 0.3) is 0 Å². The van der Waals surface area contributed by atoms with Crippen LogP contribution in [0.2, 0.25) is 5.02 Å². The molecule has 0 aliphatic heterocycles. The smallest absolute Gasteiger partial charge is 0.315 e. The maximum Gasteiger partial charge on any atom is 0.315 e. The number of carboxylic acid groups (broad SMARTS) is 1. The summed E-state index contributed by atoms with van der Waals surface area (Å²) in [6.07, 6.45) is 1.45. The minimum Gasteiger partial charge on any atom is -0.481 e. The van der Waals surface area contributed by atoms with Gasteiger partial charge in [0, 0.05) is 9.75 Å². The molecule has 1 heterocycles. The van der Waals surface area contributed by atoms with Gasteiger partial charge in [-0.1, -0.05) is 11.6 Å². The van der Waals surface area contributed by atoms with Crippen molar-refractivity contribution >= 4 is 28.9 Å². The summed E-state index contributed by atoms with van der Waals surface area (Å²) in [5.41, 5.74) is -0.643. The molecule has 1 aromatic rings. The Hall–Kier alpha value is -0.540. The van der Waals surface area contributed by atoms with Crippen molar-refractivity contribution in [2.75, 3.05) is 0 Å². The van der Waals surface area contributed by atoms with E-state index >= 15 is 0 Å². The molecule has 0 bridgehead atoms. The number of carboxylic acids is 1. The normalized spacial score (nSPS) is 18.6. The first-order valence-electron chi connectivity index (χ1n) is 4.06. The average Bonchev–Trinajstić information content (AvgIpc) is 2.75. The van der Waals surface area contributed by atoms with Gasteiger partial charge in [-0.2, -0.15) is 0 Å². The lowest BCUT2D eigenvalue weighted by Crippen LogP contribution is -2.18. The van der Waals surface area contributed by atoms with E-state index in [-0.39, 0.29) is 0 Å². The van der Waals surface area contributed by atoms with Crippen LogP contribution in [0.4, 0.5) is 0 Å². The predicted molar refractivity (Wildman–Crippen MR) is 52.6 cm³/mol. The summed E-state index contributed by atoms with van der Waals surface area (Å²) in [5, 5.41) is 9.65. The number of carbonyl (C=O) groups is 1. The summed E-state index contributed by atoms with van der Waals surface area (Å²) in [6, 6.07) is 1.84.